The summed E-state index contributed by atoms with van der Waals surface area (Å²) in [6.07, 6.45) is 0. The van der Waals surface area contributed by atoms with E-state index in [-0.39, 0.29) is 12.8 Å². The lowest BCUT2D eigenvalue weighted by Gasteiger charge is -2.17. The Balaban J connectivity index is 1.84. The van der Waals surface area contributed by atoms with Crippen LogP contribution in [0, 0.1) is 6.92 Å². The van der Waals surface area contributed by atoms with E-state index in [4.69, 9.17) is 21.1 Å². The highest BCUT2D eigenvalue weighted by atomic mass is 35.5. The number of anilines is 1. The molecule has 0 spiro atoms. The Bertz CT molecular complexity index is 642. The van der Waals surface area contributed by atoms with E-state index in [1.807, 2.05) is 6.07 Å². The van der Waals surface area contributed by atoms with Gasteiger partial charge in [0.15, 0.2) is 11.5 Å². The van der Waals surface area contributed by atoms with Crippen LogP contribution in [0.15, 0.2) is 36.4 Å². The second-order valence-corrected chi connectivity index (χ2v) is 5.37. The van der Waals surface area contributed by atoms with Gasteiger partial charge in [0, 0.05) is 18.2 Å². The van der Waals surface area contributed by atoms with Crippen LogP contribution < -0.4 is 14.8 Å². The van der Waals surface area contributed by atoms with E-state index < -0.39 is 0 Å². The standard InChI is InChI=1S/C16H16ClNO2/c1-10-4-3-5-12(6-10)11(2)18-14-8-16-15(7-13(14)17)19-9-20-16/h3-8,11,18H,9H2,1-2H3. The summed E-state index contributed by atoms with van der Waals surface area (Å²) >= 11 is 6.27. The van der Waals surface area contributed by atoms with E-state index >= 15 is 0 Å². The van der Waals surface area contributed by atoms with Crippen molar-refractivity contribution in [1.82, 2.24) is 0 Å². The molecule has 2 aromatic carbocycles. The first kappa shape index (κ1) is 13.1. The zero-order chi connectivity index (χ0) is 14.1. The minimum absolute atomic E-state index is 0.160. The van der Waals surface area contributed by atoms with Crippen LogP contribution in [0.1, 0.15) is 24.1 Å². The van der Waals surface area contributed by atoms with Crippen LogP contribution in [0.2, 0.25) is 5.02 Å². The predicted molar refractivity (Wildman–Crippen MR) is 80.8 cm³/mol. The third-order valence-electron chi connectivity index (χ3n) is 3.38. The number of hydrogen-bond acceptors (Lipinski definition) is 3. The van der Waals surface area contributed by atoms with Gasteiger partial charge in [-0.05, 0) is 19.4 Å². The molecule has 0 amide bonds. The summed E-state index contributed by atoms with van der Waals surface area (Å²) in [7, 11) is 0. The number of fused-ring (bicyclic) bond motifs is 1. The Morgan fingerprint density at radius 3 is 2.65 bits per heavy atom. The van der Waals surface area contributed by atoms with Gasteiger partial charge in [-0.1, -0.05) is 41.4 Å². The Kier molecular flexibility index (Phi) is 3.45. The summed E-state index contributed by atoms with van der Waals surface area (Å²) in [4.78, 5) is 0. The zero-order valence-corrected chi connectivity index (χ0v) is 12.2. The molecule has 1 atom stereocenters. The van der Waals surface area contributed by atoms with Crippen molar-refractivity contribution in [3.8, 4) is 11.5 Å². The van der Waals surface area contributed by atoms with Crippen molar-refractivity contribution in [3.63, 3.8) is 0 Å². The lowest BCUT2D eigenvalue weighted by Crippen LogP contribution is -2.07. The molecular formula is C16H16ClNO2. The normalized spacial score (nSPS) is 14.2. The highest BCUT2D eigenvalue weighted by Gasteiger charge is 2.17. The number of hydrogen-bond donors (Lipinski definition) is 1. The van der Waals surface area contributed by atoms with E-state index in [9.17, 15) is 0 Å². The lowest BCUT2D eigenvalue weighted by molar-refractivity contribution is 0.174. The first-order chi connectivity index (χ1) is 9.63. The third kappa shape index (κ3) is 2.54. The third-order valence-corrected chi connectivity index (χ3v) is 3.69. The van der Waals surface area contributed by atoms with Gasteiger partial charge in [0.1, 0.15) is 0 Å². The van der Waals surface area contributed by atoms with Gasteiger partial charge >= 0.3 is 0 Å². The molecule has 0 saturated heterocycles. The van der Waals surface area contributed by atoms with Crippen LogP contribution in [0.3, 0.4) is 0 Å². The number of rotatable bonds is 3. The van der Waals surface area contributed by atoms with Gasteiger partial charge in [-0.25, -0.2) is 0 Å². The summed E-state index contributed by atoms with van der Waals surface area (Å²) < 4.78 is 10.7. The monoisotopic (exact) mass is 289 g/mol. The molecule has 4 heteroatoms. The first-order valence-corrected chi connectivity index (χ1v) is 6.93. The number of halogens is 1. The molecule has 3 rings (SSSR count). The molecule has 0 aromatic heterocycles. The average molecular weight is 290 g/mol. The second-order valence-electron chi connectivity index (χ2n) is 4.97. The Morgan fingerprint density at radius 2 is 1.90 bits per heavy atom. The molecule has 0 bridgehead atoms. The number of ether oxygens (including phenoxy) is 2. The smallest absolute Gasteiger partial charge is 0.231 e. The fourth-order valence-corrected chi connectivity index (χ4v) is 2.49. The van der Waals surface area contributed by atoms with E-state index in [0.717, 1.165) is 11.4 Å². The highest BCUT2D eigenvalue weighted by molar-refractivity contribution is 6.33. The summed E-state index contributed by atoms with van der Waals surface area (Å²) in [6, 6.07) is 12.2. The molecule has 2 aromatic rings. The average Bonchev–Trinajstić information content (AvgIpc) is 2.86. The highest BCUT2D eigenvalue weighted by Crippen LogP contribution is 2.40. The van der Waals surface area contributed by atoms with E-state index in [0.29, 0.717) is 10.8 Å². The molecule has 104 valence electrons. The minimum Gasteiger partial charge on any atom is -0.454 e. The molecule has 1 heterocycles. The molecule has 1 N–H and O–H groups in total. The van der Waals surface area contributed by atoms with E-state index in [1.165, 1.54) is 11.1 Å². The molecule has 0 radical (unpaired) electrons. The molecule has 1 unspecified atom stereocenters. The quantitative estimate of drug-likeness (QED) is 0.899. The van der Waals surface area contributed by atoms with Crippen molar-refractivity contribution in [1.29, 1.82) is 0 Å². The van der Waals surface area contributed by atoms with Gasteiger partial charge in [-0.3, -0.25) is 0 Å². The van der Waals surface area contributed by atoms with Gasteiger partial charge in [0.05, 0.1) is 10.7 Å². The van der Waals surface area contributed by atoms with Crippen molar-refractivity contribution in [2.75, 3.05) is 12.1 Å². The van der Waals surface area contributed by atoms with Gasteiger partial charge in [0.25, 0.3) is 0 Å². The second kappa shape index (κ2) is 5.25. The Hall–Kier alpha value is -1.87. The fraction of sp³-hybridized carbons (Fsp3) is 0.250. The predicted octanol–water partition coefficient (Wildman–Crippen LogP) is 4.55. The molecule has 20 heavy (non-hydrogen) atoms. The first-order valence-electron chi connectivity index (χ1n) is 6.56. The van der Waals surface area contributed by atoms with Crippen molar-refractivity contribution in [2.45, 2.75) is 19.9 Å². The maximum atomic E-state index is 6.27. The van der Waals surface area contributed by atoms with Crippen LogP contribution in [-0.2, 0) is 0 Å². The van der Waals surface area contributed by atoms with Crippen LogP contribution in [0.25, 0.3) is 0 Å². The molecule has 1 aliphatic heterocycles. The van der Waals surface area contributed by atoms with Crippen LogP contribution >= 0.6 is 11.6 Å². The molecule has 1 aliphatic rings. The van der Waals surface area contributed by atoms with Crippen molar-refractivity contribution < 1.29 is 9.47 Å². The fourth-order valence-electron chi connectivity index (χ4n) is 2.28. The molecule has 0 fully saturated rings. The van der Waals surface area contributed by atoms with Crippen LogP contribution in [0.5, 0.6) is 11.5 Å². The minimum atomic E-state index is 0.160. The van der Waals surface area contributed by atoms with Gasteiger partial charge in [-0.2, -0.15) is 0 Å². The van der Waals surface area contributed by atoms with E-state index in [2.05, 4.69) is 43.4 Å². The lowest BCUT2D eigenvalue weighted by atomic mass is 10.1. The van der Waals surface area contributed by atoms with Crippen LogP contribution in [-0.4, -0.2) is 6.79 Å². The number of benzene rings is 2. The summed E-state index contributed by atoms with van der Waals surface area (Å²) in [6.45, 7) is 4.45. The summed E-state index contributed by atoms with van der Waals surface area (Å²) in [5.41, 5.74) is 3.32. The maximum absolute atomic E-state index is 6.27. The Labute approximate surface area is 123 Å². The molecular weight excluding hydrogens is 274 g/mol. The summed E-state index contributed by atoms with van der Waals surface area (Å²) in [5.74, 6) is 1.43. The number of aryl methyl sites for hydroxylation is 1. The molecule has 0 aliphatic carbocycles. The maximum Gasteiger partial charge on any atom is 0.231 e. The molecule has 3 nitrogen and oxygen atoms in total. The number of nitrogens with one attached hydrogen (secondary N) is 1. The van der Waals surface area contributed by atoms with Gasteiger partial charge < -0.3 is 14.8 Å². The van der Waals surface area contributed by atoms with Gasteiger partial charge in [-0.15, -0.1) is 0 Å². The van der Waals surface area contributed by atoms with Crippen molar-refractivity contribution in [2.24, 2.45) is 0 Å². The SMILES string of the molecule is Cc1cccc(C(C)Nc2cc3c(cc2Cl)OCO3)c1. The summed E-state index contributed by atoms with van der Waals surface area (Å²) in [5, 5.41) is 4.05. The van der Waals surface area contributed by atoms with Gasteiger partial charge in [0.2, 0.25) is 6.79 Å². The topological polar surface area (TPSA) is 30.5 Å². The largest absolute Gasteiger partial charge is 0.454 e. The van der Waals surface area contributed by atoms with E-state index in [1.54, 1.807) is 6.07 Å². The zero-order valence-electron chi connectivity index (χ0n) is 11.4. The molecule has 0 saturated carbocycles. The van der Waals surface area contributed by atoms with Crippen molar-refractivity contribution in [3.05, 3.63) is 52.5 Å². The Morgan fingerprint density at radius 1 is 1.15 bits per heavy atom. The van der Waals surface area contributed by atoms with Crippen molar-refractivity contribution >= 4 is 17.3 Å². The van der Waals surface area contributed by atoms with Crippen LogP contribution in [0.4, 0.5) is 5.69 Å².